The SMILES string of the molecule is CC(C)c1ccc(-c2nnn(-c3ccc([N+](=O)[O-])cc3[N+](=O)[O-])n2)cc1. The molecule has 10 heteroatoms. The highest BCUT2D eigenvalue weighted by Gasteiger charge is 2.22. The second-order valence-corrected chi connectivity index (χ2v) is 5.87. The van der Waals surface area contributed by atoms with Gasteiger partial charge in [0.15, 0.2) is 5.69 Å². The molecule has 0 atom stereocenters. The van der Waals surface area contributed by atoms with Crippen LogP contribution in [0.4, 0.5) is 11.4 Å². The van der Waals surface area contributed by atoms with E-state index in [2.05, 4.69) is 29.3 Å². The van der Waals surface area contributed by atoms with Crippen molar-refractivity contribution in [3.05, 3.63) is 68.3 Å². The molecular formula is C16H14N6O4. The number of non-ortho nitro benzene ring substituents is 1. The van der Waals surface area contributed by atoms with Crippen molar-refractivity contribution in [3.8, 4) is 17.1 Å². The number of hydrogen-bond acceptors (Lipinski definition) is 7. The Bertz CT molecular complexity index is 981. The Balaban J connectivity index is 1.99. The third kappa shape index (κ3) is 3.24. The molecule has 0 fully saturated rings. The molecule has 1 aromatic heterocycles. The first kappa shape index (κ1) is 17.1. The van der Waals surface area contributed by atoms with Crippen LogP contribution in [0.3, 0.4) is 0 Å². The molecule has 0 saturated heterocycles. The van der Waals surface area contributed by atoms with E-state index in [9.17, 15) is 20.2 Å². The number of nitro groups is 2. The molecule has 0 bridgehead atoms. The van der Waals surface area contributed by atoms with Gasteiger partial charge in [0.2, 0.25) is 5.82 Å². The second kappa shape index (κ2) is 6.67. The minimum absolute atomic E-state index is 0.00171. The summed E-state index contributed by atoms with van der Waals surface area (Å²) in [7, 11) is 0. The molecule has 26 heavy (non-hydrogen) atoms. The fourth-order valence-electron chi connectivity index (χ4n) is 2.39. The molecule has 0 amide bonds. The standard InChI is InChI=1S/C16H14N6O4/c1-10(2)11-3-5-12(6-4-11)16-17-19-20(18-16)14-8-7-13(21(23)24)9-15(14)22(25)26/h3-10H,1-2H3. The van der Waals surface area contributed by atoms with E-state index in [1.807, 2.05) is 24.3 Å². The number of benzene rings is 2. The summed E-state index contributed by atoms with van der Waals surface area (Å²) in [6, 6.07) is 10.9. The molecule has 2 aromatic carbocycles. The predicted molar refractivity (Wildman–Crippen MR) is 92.0 cm³/mol. The molecule has 1 heterocycles. The highest BCUT2D eigenvalue weighted by molar-refractivity contribution is 5.58. The summed E-state index contributed by atoms with van der Waals surface area (Å²) in [6.07, 6.45) is 0. The summed E-state index contributed by atoms with van der Waals surface area (Å²) in [4.78, 5) is 21.6. The van der Waals surface area contributed by atoms with Crippen LogP contribution in [0.5, 0.6) is 0 Å². The van der Waals surface area contributed by atoms with Gasteiger partial charge in [0.1, 0.15) is 0 Å². The fraction of sp³-hybridized carbons (Fsp3) is 0.188. The first-order chi connectivity index (χ1) is 12.4. The lowest BCUT2D eigenvalue weighted by atomic mass is 10.0. The third-order valence-electron chi connectivity index (χ3n) is 3.83. The van der Waals surface area contributed by atoms with Gasteiger partial charge in [-0.1, -0.05) is 38.1 Å². The fourth-order valence-corrected chi connectivity index (χ4v) is 2.39. The van der Waals surface area contributed by atoms with Gasteiger partial charge in [-0.25, -0.2) is 0 Å². The van der Waals surface area contributed by atoms with Crippen LogP contribution in [0.1, 0.15) is 25.3 Å². The molecule has 0 saturated carbocycles. The molecule has 0 aliphatic carbocycles. The molecule has 0 aliphatic rings. The average molecular weight is 354 g/mol. The van der Waals surface area contributed by atoms with Crippen molar-refractivity contribution in [3.63, 3.8) is 0 Å². The van der Waals surface area contributed by atoms with E-state index >= 15 is 0 Å². The molecule has 0 aliphatic heterocycles. The van der Waals surface area contributed by atoms with Gasteiger partial charge in [0, 0.05) is 11.6 Å². The summed E-state index contributed by atoms with van der Waals surface area (Å²) in [5.41, 5.74) is 1.01. The Morgan fingerprint density at radius 2 is 1.69 bits per heavy atom. The quantitative estimate of drug-likeness (QED) is 0.507. The number of rotatable bonds is 5. The monoisotopic (exact) mass is 354 g/mol. The zero-order valence-electron chi connectivity index (χ0n) is 13.9. The molecule has 0 spiro atoms. The maximum Gasteiger partial charge on any atom is 0.303 e. The van der Waals surface area contributed by atoms with Crippen LogP contribution in [0.2, 0.25) is 0 Å². The molecule has 0 unspecified atom stereocenters. The first-order valence-corrected chi connectivity index (χ1v) is 7.70. The highest BCUT2D eigenvalue weighted by atomic mass is 16.6. The van der Waals surface area contributed by atoms with E-state index in [1.54, 1.807) is 0 Å². The number of nitro benzene ring substituents is 2. The molecule has 0 N–H and O–H groups in total. The highest BCUT2D eigenvalue weighted by Crippen LogP contribution is 2.27. The number of aromatic nitrogens is 4. The lowest BCUT2D eigenvalue weighted by molar-refractivity contribution is -0.394. The predicted octanol–water partition coefficient (Wildman–Crippen LogP) is 3.27. The van der Waals surface area contributed by atoms with Crippen molar-refractivity contribution >= 4 is 11.4 Å². The van der Waals surface area contributed by atoms with Crippen molar-refractivity contribution in [1.82, 2.24) is 20.2 Å². The van der Waals surface area contributed by atoms with Crippen molar-refractivity contribution in [2.75, 3.05) is 0 Å². The van der Waals surface area contributed by atoms with E-state index < -0.39 is 15.5 Å². The summed E-state index contributed by atoms with van der Waals surface area (Å²) >= 11 is 0. The summed E-state index contributed by atoms with van der Waals surface area (Å²) in [6.45, 7) is 4.16. The minimum Gasteiger partial charge on any atom is -0.258 e. The van der Waals surface area contributed by atoms with Gasteiger partial charge in [-0.05, 0) is 22.8 Å². The van der Waals surface area contributed by atoms with Gasteiger partial charge in [0.25, 0.3) is 5.69 Å². The Hall–Kier alpha value is -3.69. The number of hydrogen-bond donors (Lipinski definition) is 0. The maximum atomic E-state index is 11.2. The third-order valence-corrected chi connectivity index (χ3v) is 3.83. The van der Waals surface area contributed by atoms with Gasteiger partial charge in [-0.15, -0.1) is 15.0 Å². The van der Waals surface area contributed by atoms with E-state index in [0.717, 1.165) is 22.5 Å². The van der Waals surface area contributed by atoms with E-state index in [4.69, 9.17) is 0 Å². The lowest BCUT2D eigenvalue weighted by Crippen LogP contribution is -2.04. The summed E-state index contributed by atoms with van der Waals surface area (Å²) in [5, 5.41) is 34.0. The minimum atomic E-state index is -0.719. The second-order valence-electron chi connectivity index (χ2n) is 5.87. The number of nitrogens with zero attached hydrogens (tertiary/aromatic N) is 6. The smallest absolute Gasteiger partial charge is 0.258 e. The van der Waals surface area contributed by atoms with Crippen LogP contribution >= 0.6 is 0 Å². The van der Waals surface area contributed by atoms with E-state index in [0.29, 0.717) is 17.3 Å². The molecule has 0 radical (unpaired) electrons. The number of tetrazole rings is 1. The van der Waals surface area contributed by atoms with E-state index in [-0.39, 0.29) is 11.4 Å². The van der Waals surface area contributed by atoms with Crippen LogP contribution < -0.4 is 0 Å². The summed E-state index contributed by atoms with van der Waals surface area (Å²) in [5.74, 6) is 0.684. The Kier molecular flexibility index (Phi) is 4.40. The van der Waals surface area contributed by atoms with Crippen molar-refractivity contribution in [2.24, 2.45) is 0 Å². The normalized spacial score (nSPS) is 10.9. The Morgan fingerprint density at radius 3 is 2.27 bits per heavy atom. The zero-order valence-corrected chi connectivity index (χ0v) is 13.9. The van der Waals surface area contributed by atoms with Crippen molar-refractivity contribution in [2.45, 2.75) is 19.8 Å². The topological polar surface area (TPSA) is 130 Å². The van der Waals surface area contributed by atoms with Crippen LogP contribution in [-0.2, 0) is 0 Å². The largest absolute Gasteiger partial charge is 0.303 e. The summed E-state index contributed by atoms with van der Waals surface area (Å²) < 4.78 is 0. The first-order valence-electron chi connectivity index (χ1n) is 7.70. The maximum absolute atomic E-state index is 11.2. The van der Waals surface area contributed by atoms with Crippen molar-refractivity contribution in [1.29, 1.82) is 0 Å². The Morgan fingerprint density at radius 1 is 1.00 bits per heavy atom. The van der Waals surface area contributed by atoms with Gasteiger partial charge in [0.05, 0.1) is 15.9 Å². The lowest BCUT2D eigenvalue weighted by Gasteiger charge is -2.04. The molecular weight excluding hydrogens is 340 g/mol. The van der Waals surface area contributed by atoms with Gasteiger partial charge < -0.3 is 0 Å². The van der Waals surface area contributed by atoms with Gasteiger partial charge in [-0.2, -0.15) is 0 Å². The molecule has 10 nitrogen and oxygen atoms in total. The zero-order chi connectivity index (χ0) is 18.8. The van der Waals surface area contributed by atoms with Crippen LogP contribution in [0.15, 0.2) is 42.5 Å². The average Bonchev–Trinajstić information content (AvgIpc) is 3.11. The van der Waals surface area contributed by atoms with Crippen LogP contribution in [-0.4, -0.2) is 30.1 Å². The molecule has 3 rings (SSSR count). The van der Waals surface area contributed by atoms with Crippen LogP contribution in [0.25, 0.3) is 17.1 Å². The van der Waals surface area contributed by atoms with Gasteiger partial charge in [-0.3, -0.25) is 20.2 Å². The van der Waals surface area contributed by atoms with E-state index in [1.165, 1.54) is 6.07 Å². The van der Waals surface area contributed by atoms with Gasteiger partial charge >= 0.3 is 5.69 Å². The molecule has 132 valence electrons. The van der Waals surface area contributed by atoms with Crippen LogP contribution in [0, 0.1) is 20.2 Å². The Labute approximate surface area is 147 Å². The van der Waals surface area contributed by atoms with Crippen molar-refractivity contribution < 1.29 is 9.85 Å². The molecule has 3 aromatic rings.